The Balaban J connectivity index is 1.51. The van der Waals surface area contributed by atoms with Crippen LogP contribution in [-0.4, -0.2) is 72.0 Å². The average molecular weight is 489 g/mol. The number of aromatic nitrogens is 2. The third kappa shape index (κ3) is 7.12. The number of piperazine rings is 1. The molecule has 0 saturated carbocycles. The van der Waals surface area contributed by atoms with E-state index in [0.717, 1.165) is 74.9 Å². The summed E-state index contributed by atoms with van der Waals surface area (Å²) in [5.74, 6) is 1.81. The van der Waals surface area contributed by atoms with Crippen molar-refractivity contribution >= 4 is 5.82 Å². The van der Waals surface area contributed by atoms with Crippen LogP contribution in [-0.2, 0) is 11.2 Å². The maximum Gasteiger partial charge on any atom is 0.161 e. The number of β-amino-alcohol motifs (C(OH)–C–C–N with tert-alkyl or cyclic N) is 1. The van der Waals surface area contributed by atoms with E-state index in [9.17, 15) is 5.11 Å². The van der Waals surface area contributed by atoms with Crippen molar-refractivity contribution in [1.82, 2.24) is 14.9 Å². The molecule has 1 saturated heterocycles. The molecule has 0 bridgehead atoms. The maximum absolute atomic E-state index is 10.4. The molecule has 0 aliphatic carbocycles. The lowest BCUT2D eigenvalue weighted by atomic mass is 10.0. The van der Waals surface area contributed by atoms with Gasteiger partial charge in [-0.2, -0.15) is 0 Å². The molecule has 1 aliphatic rings. The fraction of sp³-hybridized carbons (Fsp3) is 0.467. The Morgan fingerprint density at radius 3 is 2.47 bits per heavy atom. The zero-order valence-corrected chi connectivity index (χ0v) is 22.0. The van der Waals surface area contributed by atoms with Crippen LogP contribution in [0.4, 0.5) is 5.82 Å². The Labute approximate surface area is 216 Å². The van der Waals surface area contributed by atoms with E-state index in [1.807, 2.05) is 18.2 Å². The van der Waals surface area contributed by atoms with Crippen LogP contribution in [0.15, 0.2) is 54.6 Å². The van der Waals surface area contributed by atoms with Gasteiger partial charge in [-0.25, -0.2) is 9.97 Å². The van der Waals surface area contributed by atoms with Gasteiger partial charge in [0.1, 0.15) is 5.82 Å². The van der Waals surface area contributed by atoms with Crippen LogP contribution < -0.4 is 4.90 Å². The van der Waals surface area contributed by atoms with Gasteiger partial charge < -0.3 is 14.7 Å². The Kier molecular flexibility index (Phi) is 9.45. The number of aryl methyl sites for hydroxylation is 2. The van der Waals surface area contributed by atoms with Crippen LogP contribution in [0.25, 0.3) is 11.4 Å². The highest BCUT2D eigenvalue weighted by atomic mass is 16.5. The van der Waals surface area contributed by atoms with Crippen molar-refractivity contribution in [2.24, 2.45) is 0 Å². The van der Waals surface area contributed by atoms with Gasteiger partial charge in [-0.05, 0) is 25.8 Å². The molecular formula is C30H40N4O2. The number of ether oxygens (including phenoxy) is 1. The van der Waals surface area contributed by atoms with Crippen molar-refractivity contribution in [3.05, 3.63) is 77.0 Å². The molecule has 192 valence electrons. The molecule has 36 heavy (non-hydrogen) atoms. The lowest BCUT2D eigenvalue weighted by Gasteiger charge is -2.37. The average Bonchev–Trinajstić information content (AvgIpc) is 2.89. The van der Waals surface area contributed by atoms with Crippen molar-refractivity contribution in [2.75, 3.05) is 50.8 Å². The summed E-state index contributed by atoms with van der Waals surface area (Å²) in [7, 11) is 0. The predicted octanol–water partition coefficient (Wildman–Crippen LogP) is 4.65. The monoisotopic (exact) mass is 488 g/mol. The maximum atomic E-state index is 10.4. The van der Waals surface area contributed by atoms with E-state index in [1.165, 1.54) is 16.7 Å². The summed E-state index contributed by atoms with van der Waals surface area (Å²) in [6.45, 7) is 11.7. The van der Waals surface area contributed by atoms with E-state index in [-0.39, 0.29) is 0 Å². The van der Waals surface area contributed by atoms with Gasteiger partial charge in [0, 0.05) is 62.6 Å². The second-order valence-corrected chi connectivity index (χ2v) is 9.84. The number of hydrogen-bond donors (Lipinski definition) is 1. The third-order valence-corrected chi connectivity index (χ3v) is 6.78. The van der Waals surface area contributed by atoms with E-state index in [2.05, 4.69) is 67.0 Å². The van der Waals surface area contributed by atoms with Crippen LogP contribution in [0.2, 0.25) is 0 Å². The topological polar surface area (TPSA) is 61.7 Å². The minimum atomic E-state index is -0.448. The summed E-state index contributed by atoms with van der Waals surface area (Å²) in [4.78, 5) is 14.8. The molecule has 0 unspecified atom stereocenters. The molecule has 6 nitrogen and oxygen atoms in total. The van der Waals surface area contributed by atoms with Crippen LogP contribution in [0, 0.1) is 13.8 Å². The summed E-state index contributed by atoms with van der Waals surface area (Å²) in [6.07, 6.45) is 2.51. The van der Waals surface area contributed by atoms with E-state index >= 15 is 0 Å². The number of hydrogen-bond acceptors (Lipinski definition) is 6. The molecule has 1 N–H and O–H groups in total. The Morgan fingerprint density at radius 2 is 1.75 bits per heavy atom. The van der Waals surface area contributed by atoms with Gasteiger partial charge in [-0.3, -0.25) is 4.90 Å². The molecular weight excluding hydrogens is 448 g/mol. The smallest absolute Gasteiger partial charge is 0.161 e. The van der Waals surface area contributed by atoms with Gasteiger partial charge >= 0.3 is 0 Å². The van der Waals surface area contributed by atoms with Gasteiger partial charge in [-0.1, -0.05) is 73.5 Å². The lowest BCUT2D eigenvalue weighted by Crippen LogP contribution is -2.49. The summed E-state index contributed by atoms with van der Waals surface area (Å²) < 4.78 is 5.61. The number of nitrogens with zero attached hydrogens (tertiary/aromatic N) is 4. The highest BCUT2D eigenvalue weighted by Crippen LogP contribution is 2.28. The number of benzene rings is 2. The fourth-order valence-electron chi connectivity index (χ4n) is 4.75. The molecule has 0 radical (unpaired) electrons. The quantitative estimate of drug-likeness (QED) is 0.397. The van der Waals surface area contributed by atoms with Gasteiger partial charge in [0.05, 0.1) is 12.7 Å². The molecule has 1 aliphatic heterocycles. The zero-order chi connectivity index (χ0) is 25.3. The van der Waals surface area contributed by atoms with Crippen molar-refractivity contribution in [3.8, 4) is 11.4 Å². The molecule has 6 heteroatoms. The van der Waals surface area contributed by atoms with Crippen molar-refractivity contribution in [2.45, 2.75) is 46.1 Å². The molecule has 0 amide bonds. The first-order valence-corrected chi connectivity index (χ1v) is 13.2. The Morgan fingerprint density at radius 1 is 0.972 bits per heavy atom. The van der Waals surface area contributed by atoms with Crippen LogP contribution >= 0.6 is 0 Å². The van der Waals surface area contributed by atoms with E-state index in [0.29, 0.717) is 13.2 Å². The number of unbranched alkanes of at least 4 members (excludes halogenated alkanes) is 1. The Hall–Kier alpha value is -2.80. The first-order valence-electron chi connectivity index (χ1n) is 13.2. The largest absolute Gasteiger partial charge is 0.389 e. The highest BCUT2D eigenvalue weighted by molar-refractivity contribution is 5.61. The minimum Gasteiger partial charge on any atom is -0.389 e. The summed E-state index contributed by atoms with van der Waals surface area (Å²) >= 11 is 0. The minimum absolute atomic E-state index is 0.409. The predicted molar refractivity (Wildman–Crippen MR) is 147 cm³/mol. The summed E-state index contributed by atoms with van der Waals surface area (Å²) in [6, 6.07) is 18.9. The summed E-state index contributed by atoms with van der Waals surface area (Å²) in [5.41, 5.74) is 5.80. The van der Waals surface area contributed by atoms with E-state index in [1.54, 1.807) is 0 Å². The van der Waals surface area contributed by atoms with Crippen LogP contribution in [0.5, 0.6) is 0 Å². The van der Waals surface area contributed by atoms with Gasteiger partial charge in [0.2, 0.25) is 0 Å². The normalized spacial score (nSPS) is 15.3. The second-order valence-electron chi connectivity index (χ2n) is 9.84. The van der Waals surface area contributed by atoms with Gasteiger partial charge in [-0.15, -0.1) is 0 Å². The fourth-order valence-corrected chi connectivity index (χ4v) is 4.75. The van der Waals surface area contributed by atoms with E-state index in [4.69, 9.17) is 14.7 Å². The van der Waals surface area contributed by atoms with Gasteiger partial charge in [0.25, 0.3) is 0 Å². The molecule has 2 aromatic carbocycles. The highest BCUT2D eigenvalue weighted by Gasteiger charge is 2.24. The number of rotatable bonds is 11. The third-order valence-electron chi connectivity index (χ3n) is 6.78. The van der Waals surface area contributed by atoms with Crippen molar-refractivity contribution < 1.29 is 9.84 Å². The summed E-state index contributed by atoms with van der Waals surface area (Å²) in [5, 5.41) is 10.4. The van der Waals surface area contributed by atoms with Crippen LogP contribution in [0.1, 0.15) is 42.1 Å². The number of anilines is 1. The van der Waals surface area contributed by atoms with Crippen LogP contribution in [0.3, 0.4) is 0 Å². The van der Waals surface area contributed by atoms with E-state index < -0.39 is 6.10 Å². The van der Waals surface area contributed by atoms with Gasteiger partial charge in [0.15, 0.2) is 5.82 Å². The van der Waals surface area contributed by atoms with Crippen molar-refractivity contribution in [1.29, 1.82) is 0 Å². The molecule has 3 aromatic rings. The van der Waals surface area contributed by atoms with Crippen molar-refractivity contribution in [3.63, 3.8) is 0 Å². The lowest BCUT2D eigenvalue weighted by molar-refractivity contribution is 0.0150. The SMILES string of the molecule is CCCCOC[C@H](O)CN1CCN(c2nc(-c3ccccc3)nc(C)c2Cc2cccc(C)c2)CC1. The molecule has 4 rings (SSSR count). The second kappa shape index (κ2) is 12.9. The number of aliphatic hydroxyl groups excluding tert-OH is 1. The molecule has 0 spiro atoms. The molecule has 1 fully saturated rings. The molecule has 1 aromatic heterocycles. The number of aliphatic hydroxyl groups is 1. The molecule has 2 heterocycles. The standard InChI is InChI=1S/C30H40N4O2/c1-4-5-18-36-22-27(35)21-33-14-16-34(17-15-33)30-28(20-25-11-9-10-23(2)19-25)24(3)31-29(32-30)26-12-7-6-8-13-26/h6-13,19,27,35H,4-5,14-18,20-22H2,1-3H3/t27-/m1/s1. The zero-order valence-electron chi connectivity index (χ0n) is 22.0. The first kappa shape index (κ1) is 26.3. The first-order chi connectivity index (χ1) is 17.5. The molecule has 1 atom stereocenters. The Bertz CT molecular complexity index is 1100.